The second kappa shape index (κ2) is 8.63. The lowest BCUT2D eigenvalue weighted by atomic mass is 9.75. The lowest BCUT2D eigenvalue weighted by Gasteiger charge is -2.51. The highest BCUT2D eigenvalue weighted by molar-refractivity contribution is 5.93. The zero-order valence-electron chi connectivity index (χ0n) is 17.8. The predicted molar refractivity (Wildman–Crippen MR) is 112 cm³/mol. The van der Waals surface area contributed by atoms with E-state index >= 15 is 0 Å². The number of aromatic nitrogens is 1. The Labute approximate surface area is 178 Å². The number of aliphatic hydroxyl groups is 1. The van der Waals surface area contributed by atoms with Crippen LogP contribution in [0.15, 0.2) is 24.5 Å². The van der Waals surface area contributed by atoms with Gasteiger partial charge >= 0.3 is 0 Å². The van der Waals surface area contributed by atoms with Crippen LogP contribution in [0.5, 0.6) is 0 Å². The second-order valence-electron chi connectivity index (χ2n) is 9.54. The van der Waals surface area contributed by atoms with Crippen LogP contribution in [0, 0.1) is 5.92 Å². The Morgan fingerprint density at radius 2 is 2.03 bits per heavy atom. The molecule has 1 spiro atoms. The summed E-state index contributed by atoms with van der Waals surface area (Å²) in [7, 11) is 0. The van der Waals surface area contributed by atoms with E-state index < -0.39 is 17.2 Å². The molecule has 0 radical (unpaired) electrons. The molecule has 2 amide bonds. The van der Waals surface area contributed by atoms with Crippen LogP contribution in [-0.2, 0) is 9.53 Å². The van der Waals surface area contributed by atoms with Crippen molar-refractivity contribution >= 4 is 11.8 Å². The van der Waals surface area contributed by atoms with Crippen molar-refractivity contribution in [1.82, 2.24) is 15.2 Å². The first-order valence-corrected chi connectivity index (χ1v) is 11.2. The summed E-state index contributed by atoms with van der Waals surface area (Å²) < 4.78 is 6.23. The van der Waals surface area contributed by atoms with E-state index in [9.17, 15) is 14.7 Å². The van der Waals surface area contributed by atoms with Crippen molar-refractivity contribution in [3.63, 3.8) is 0 Å². The lowest BCUT2D eigenvalue weighted by Crippen LogP contribution is -2.64. The van der Waals surface area contributed by atoms with Crippen LogP contribution in [0.1, 0.15) is 68.6 Å². The summed E-state index contributed by atoms with van der Waals surface area (Å²) in [5.74, 6) is 0.480. The van der Waals surface area contributed by atoms with Crippen molar-refractivity contribution in [3.05, 3.63) is 30.1 Å². The van der Waals surface area contributed by atoms with E-state index in [0.717, 1.165) is 12.8 Å². The van der Waals surface area contributed by atoms with Crippen molar-refractivity contribution in [2.75, 3.05) is 19.7 Å². The number of ether oxygens (including phenoxy) is 1. The molecular weight excluding hydrogens is 382 g/mol. The number of pyridine rings is 1. The van der Waals surface area contributed by atoms with Crippen molar-refractivity contribution in [1.29, 1.82) is 0 Å². The fourth-order valence-electron chi connectivity index (χ4n) is 5.30. The van der Waals surface area contributed by atoms with Crippen LogP contribution in [0.4, 0.5) is 0 Å². The predicted octanol–water partition coefficient (Wildman–Crippen LogP) is 2.29. The molecule has 164 valence electrons. The number of rotatable bonds is 4. The first-order valence-electron chi connectivity index (χ1n) is 11.2. The minimum absolute atomic E-state index is 0.0161. The first-order chi connectivity index (χ1) is 14.4. The zero-order chi connectivity index (χ0) is 21.2. The Balaban J connectivity index is 1.31. The molecule has 2 aliphatic heterocycles. The number of piperidine rings is 1. The highest BCUT2D eigenvalue weighted by Crippen LogP contribution is 2.40. The Bertz CT molecular complexity index is 753. The van der Waals surface area contributed by atoms with E-state index in [1.165, 1.54) is 12.8 Å². The van der Waals surface area contributed by atoms with E-state index in [1.807, 2.05) is 4.90 Å². The topological polar surface area (TPSA) is 91.8 Å². The largest absolute Gasteiger partial charge is 0.388 e. The summed E-state index contributed by atoms with van der Waals surface area (Å²) >= 11 is 0. The van der Waals surface area contributed by atoms with E-state index in [0.29, 0.717) is 56.9 Å². The van der Waals surface area contributed by atoms with Gasteiger partial charge in [-0.15, -0.1) is 0 Å². The van der Waals surface area contributed by atoms with Crippen LogP contribution in [0.3, 0.4) is 0 Å². The molecule has 2 saturated heterocycles. The first kappa shape index (κ1) is 21.2. The van der Waals surface area contributed by atoms with Gasteiger partial charge in [-0.05, 0) is 50.7 Å². The Hall–Kier alpha value is -1.99. The van der Waals surface area contributed by atoms with E-state index in [4.69, 9.17) is 4.74 Å². The van der Waals surface area contributed by atoms with Crippen molar-refractivity contribution in [2.24, 2.45) is 5.92 Å². The van der Waals surface area contributed by atoms with Crippen molar-refractivity contribution in [3.8, 4) is 0 Å². The van der Waals surface area contributed by atoms with Crippen molar-refractivity contribution in [2.45, 2.75) is 75.5 Å². The molecule has 3 fully saturated rings. The Morgan fingerprint density at radius 1 is 1.30 bits per heavy atom. The minimum atomic E-state index is -1.03. The minimum Gasteiger partial charge on any atom is -0.388 e. The standard InChI is InChI=1S/C23H33N3O4/c1-22(29)16-23(30-15-19(22)25-20(27)13-17-5-2-3-6-17)8-11-26(12-9-23)21(28)18-7-4-10-24-14-18/h4,7,10,14,17,19,29H,2-3,5-6,8-9,11-13,15-16H2,1H3,(H,25,27)/t19-,22-/m0/s1. The Morgan fingerprint density at radius 3 is 2.67 bits per heavy atom. The molecule has 7 nitrogen and oxygen atoms in total. The van der Waals surface area contributed by atoms with Gasteiger partial charge in [0.25, 0.3) is 5.91 Å². The average molecular weight is 416 g/mol. The number of nitrogens with zero attached hydrogens (tertiary/aromatic N) is 2. The highest BCUT2D eigenvalue weighted by Gasteiger charge is 2.50. The molecule has 2 atom stereocenters. The molecule has 30 heavy (non-hydrogen) atoms. The maximum atomic E-state index is 12.7. The van der Waals surface area contributed by atoms with Crippen LogP contribution in [0.2, 0.25) is 0 Å². The van der Waals surface area contributed by atoms with Crippen LogP contribution in [0.25, 0.3) is 0 Å². The maximum Gasteiger partial charge on any atom is 0.255 e. The number of likely N-dealkylation sites (tertiary alicyclic amines) is 1. The number of amides is 2. The number of carbonyl (C=O) groups is 2. The smallest absolute Gasteiger partial charge is 0.255 e. The summed E-state index contributed by atoms with van der Waals surface area (Å²) in [6.45, 7) is 3.27. The Kier molecular flexibility index (Phi) is 6.11. The fourth-order valence-corrected chi connectivity index (χ4v) is 5.30. The summed E-state index contributed by atoms with van der Waals surface area (Å²) in [5, 5.41) is 14.2. The number of hydrogen-bond donors (Lipinski definition) is 2. The summed E-state index contributed by atoms with van der Waals surface area (Å²) in [5.41, 5.74) is -0.879. The molecule has 0 aromatic carbocycles. The van der Waals surface area contributed by atoms with Crippen LogP contribution >= 0.6 is 0 Å². The van der Waals surface area contributed by atoms with Gasteiger partial charge in [0.05, 0.1) is 29.4 Å². The quantitative estimate of drug-likeness (QED) is 0.787. The van der Waals surface area contributed by atoms with Crippen LogP contribution in [-0.4, -0.2) is 63.7 Å². The third-order valence-corrected chi connectivity index (χ3v) is 7.14. The third kappa shape index (κ3) is 4.67. The van der Waals surface area contributed by atoms with Gasteiger partial charge in [0.15, 0.2) is 0 Å². The molecule has 4 rings (SSSR count). The molecule has 7 heteroatoms. The lowest BCUT2D eigenvalue weighted by molar-refractivity contribution is -0.187. The van der Waals surface area contributed by atoms with E-state index in [-0.39, 0.29) is 11.8 Å². The van der Waals surface area contributed by atoms with Gasteiger partial charge in [0.2, 0.25) is 5.91 Å². The molecule has 3 heterocycles. The molecule has 1 aromatic heterocycles. The monoisotopic (exact) mass is 415 g/mol. The maximum absolute atomic E-state index is 12.7. The molecule has 2 N–H and O–H groups in total. The van der Waals surface area contributed by atoms with Gasteiger partial charge in [-0.1, -0.05) is 12.8 Å². The van der Waals surface area contributed by atoms with Gasteiger partial charge in [-0.2, -0.15) is 0 Å². The second-order valence-corrected chi connectivity index (χ2v) is 9.54. The van der Waals surface area contributed by atoms with Gasteiger partial charge in [-0.3, -0.25) is 14.6 Å². The average Bonchev–Trinajstić information content (AvgIpc) is 3.23. The summed E-state index contributed by atoms with van der Waals surface area (Å²) in [6, 6.07) is 3.15. The van der Waals surface area contributed by atoms with Gasteiger partial charge < -0.3 is 20.1 Å². The highest BCUT2D eigenvalue weighted by atomic mass is 16.5. The number of carbonyl (C=O) groups excluding carboxylic acids is 2. The molecule has 3 aliphatic rings. The van der Waals surface area contributed by atoms with Crippen LogP contribution < -0.4 is 5.32 Å². The van der Waals surface area contributed by atoms with E-state index in [1.54, 1.807) is 31.5 Å². The van der Waals surface area contributed by atoms with Gasteiger partial charge in [-0.25, -0.2) is 0 Å². The zero-order valence-corrected chi connectivity index (χ0v) is 17.8. The van der Waals surface area contributed by atoms with Gasteiger partial charge in [0.1, 0.15) is 0 Å². The fraction of sp³-hybridized carbons (Fsp3) is 0.696. The summed E-state index contributed by atoms with van der Waals surface area (Å²) in [4.78, 5) is 31.0. The molecular formula is C23H33N3O4. The number of hydrogen-bond acceptors (Lipinski definition) is 5. The molecule has 0 bridgehead atoms. The molecule has 1 aromatic rings. The van der Waals surface area contributed by atoms with Gasteiger partial charge in [0, 0.05) is 38.3 Å². The number of nitrogens with one attached hydrogen (secondary N) is 1. The third-order valence-electron chi connectivity index (χ3n) is 7.14. The molecule has 1 saturated carbocycles. The SMILES string of the molecule is C[C@]1(O)CC2(CCN(C(=O)c3cccnc3)CC2)OC[C@@H]1NC(=O)CC1CCCC1. The van der Waals surface area contributed by atoms with Crippen molar-refractivity contribution < 1.29 is 19.4 Å². The van der Waals surface area contributed by atoms with E-state index in [2.05, 4.69) is 10.3 Å². The summed E-state index contributed by atoms with van der Waals surface area (Å²) in [6.07, 6.45) is 10.3. The molecule has 0 unspecified atom stereocenters. The molecule has 1 aliphatic carbocycles. The normalized spacial score (nSPS) is 29.1.